The van der Waals surface area contributed by atoms with Gasteiger partial charge in [-0.1, -0.05) is 11.6 Å². The lowest BCUT2D eigenvalue weighted by Gasteiger charge is -2.29. The first kappa shape index (κ1) is 19.2. The fourth-order valence-electron chi connectivity index (χ4n) is 1.62. The lowest BCUT2D eigenvalue weighted by molar-refractivity contribution is 0.0430. The number of amides is 2. The Kier molecular flexibility index (Phi) is 5.64. The zero-order chi connectivity index (χ0) is 18.0. The summed E-state index contributed by atoms with van der Waals surface area (Å²) in [5.74, 6) is 0. The number of aromatic nitrogens is 1. The molecule has 1 rings (SSSR count). The molecule has 23 heavy (non-hydrogen) atoms. The van der Waals surface area contributed by atoms with E-state index in [0.29, 0.717) is 5.56 Å². The van der Waals surface area contributed by atoms with Gasteiger partial charge in [-0.2, -0.15) is 4.90 Å². The highest BCUT2D eigenvalue weighted by Crippen LogP contribution is 2.26. The van der Waals surface area contributed by atoms with Crippen molar-refractivity contribution in [2.75, 3.05) is 4.90 Å². The Morgan fingerprint density at radius 2 is 1.48 bits per heavy atom. The number of carbonyl (C=O) groups is 2. The Bertz CT molecular complexity index is 575. The van der Waals surface area contributed by atoms with Crippen LogP contribution in [0.2, 0.25) is 5.15 Å². The molecule has 0 radical (unpaired) electrons. The maximum absolute atomic E-state index is 12.5. The molecule has 0 aromatic carbocycles. The number of rotatable bonds is 1. The van der Waals surface area contributed by atoms with Crippen molar-refractivity contribution in [3.05, 3.63) is 23.0 Å². The molecule has 1 heterocycles. The van der Waals surface area contributed by atoms with Crippen LogP contribution in [0.5, 0.6) is 0 Å². The molecular weight excluding hydrogens is 320 g/mol. The standard InChI is InChI=1S/C16H23ClN2O4/c1-10-9-18-12(17)8-11(10)19(13(20)22-15(2,3)4)14(21)23-16(5,6)7/h8-9H,1-7H3. The molecule has 0 aliphatic rings. The van der Waals surface area contributed by atoms with E-state index in [1.807, 2.05) is 0 Å². The maximum Gasteiger partial charge on any atom is 0.424 e. The van der Waals surface area contributed by atoms with Gasteiger partial charge in [-0.25, -0.2) is 14.6 Å². The summed E-state index contributed by atoms with van der Waals surface area (Å²) in [5, 5.41) is 0.155. The third-order valence-corrected chi connectivity index (χ3v) is 2.64. The maximum atomic E-state index is 12.5. The Morgan fingerprint density at radius 1 is 1.04 bits per heavy atom. The van der Waals surface area contributed by atoms with Gasteiger partial charge in [0, 0.05) is 12.3 Å². The number of ether oxygens (including phenoxy) is 2. The van der Waals surface area contributed by atoms with E-state index in [9.17, 15) is 9.59 Å². The molecule has 0 bridgehead atoms. The van der Waals surface area contributed by atoms with E-state index < -0.39 is 23.4 Å². The quantitative estimate of drug-likeness (QED) is 0.690. The van der Waals surface area contributed by atoms with Crippen LogP contribution < -0.4 is 4.90 Å². The van der Waals surface area contributed by atoms with Crippen molar-refractivity contribution in [1.29, 1.82) is 0 Å². The highest BCUT2D eigenvalue weighted by atomic mass is 35.5. The average Bonchev–Trinajstić information content (AvgIpc) is 2.29. The Labute approximate surface area is 141 Å². The number of halogens is 1. The summed E-state index contributed by atoms with van der Waals surface area (Å²) in [7, 11) is 0. The van der Waals surface area contributed by atoms with Crippen LogP contribution >= 0.6 is 11.6 Å². The second-order valence-corrected chi connectivity index (χ2v) is 7.48. The highest BCUT2D eigenvalue weighted by molar-refractivity contribution is 6.30. The minimum absolute atomic E-state index is 0.155. The molecule has 0 N–H and O–H groups in total. The predicted molar refractivity (Wildman–Crippen MR) is 88.9 cm³/mol. The van der Waals surface area contributed by atoms with Crippen LogP contribution in [0.4, 0.5) is 15.3 Å². The molecule has 0 atom stereocenters. The Balaban J connectivity index is 3.28. The van der Waals surface area contributed by atoms with Crippen molar-refractivity contribution in [3.63, 3.8) is 0 Å². The Hall–Kier alpha value is -1.82. The summed E-state index contributed by atoms with van der Waals surface area (Å²) < 4.78 is 10.6. The molecule has 2 amide bonds. The largest absolute Gasteiger partial charge is 0.443 e. The zero-order valence-corrected chi connectivity index (χ0v) is 15.3. The minimum Gasteiger partial charge on any atom is -0.443 e. The molecule has 0 unspecified atom stereocenters. The van der Waals surface area contributed by atoms with Crippen LogP contribution in [0, 0.1) is 6.92 Å². The van der Waals surface area contributed by atoms with Gasteiger partial charge in [0.2, 0.25) is 0 Å². The number of pyridine rings is 1. The number of aryl methyl sites for hydroxylation is 1. The molecule has 0 saturated heterocycles. The van der Waals surface area contributed by atoms with Gasteiger partial charge >= 0.3 is 12.2 Å². The van der Waals surface area contributed by atoms with Crippen molar-refractivity contribution < 1.29 is 19.1 Å². The van der Waals surface area contributed by atoms with Gasteiger partial charge in [0.1, 0.15) is 16.4 Å². The summed E-state index contributed by atoms with van der Waals surface area (Å²) in [6.45, 7) is 12.0. The molecule has 1 aromatic heterocycles. The number of carbonyl (C=O) groups excluding carboxylic acids is 2. The second kappa shape index (κ2) is 6.74. The molecule has 6 nitrogen and oxygen atoms in total. The molecule has 128 valence electrons. The van der Waals surface area contributed by atoms with Crippen LogP contribution in [0.3, 0.4) is 0 Å². The van der Waals surface area contributed by atoms with E-state index >= 15 is 0 Å². The summed E-state index contributed by atoms with van der Waals surface area (Å²) in [6, 6.07) is 1.42. The summed E-state index contributed by atoms with van der Waals surface area (Å²) in [5.41, 5.74) is -0.663. The topological polar surface area (TPSA) is 68.7 Å². The monoisotopic (exact) mass is 342 g/mol. The zero-order valence-electron chi connectivity index (χ0n) is 14.6. The van der Waals surface area contributed by atoms with Gasteiger partial charge < -0.3 is 9.47 Å². The normalized spacial score (nSPS) is 11.8. The third kappa shape index (κ3) is 6.06. The van der Waals surface area contributed by atoms with Crippen molar-refractivity contribution in [2.24, 2.45) is 0 Å². The number of hydrogen-bond donors (Lipinski definition) is 0. The van der Waals surface area contributed by atoms with Crippen LogP contribution in [0.1, 0.15) is 47.1 Å². The van der Waals surface area contributed by atoms with Crippen molar-refractivity contribution in [1.82, 2.24) is 4.98 Å². The number of hydrogen-bond acceptors (Lipinski definition) is 5. The van der Waals surface area contributed by atoms with Gasteiger partial charge in [0.15, 0.2) is 0 Å². The van der Waals surface area contributed by atoms with Gasteiger partial charge in [-0.05, 0) is 54.0 Å². The lowest BCUT2D eigenvalue weighted by Crippen LogP contribution is -2.44. The molecule has 0 fully saturated rings. The van der Waals surface area contributed by atoms with Gasteiger partial charge in [0.25, 0.3) is 0 Å². The van der Waals surface area contributed by atoms with Crippen molar-refractivity contribution in [3.8, 4) is 0 Å². The molecule has 0 aliphatic carbocycles. The van der Waals surface area contributed by atoms with E-state index in [2.05, 4.69) is 4.98 Å². The van der Waals surface area contributed by atoms with Crippen LogP contribution in [-0.4, -0.2) is 28.4 Å². The predicted octanol–water partition coefficient (Wildman–Crippen LogP) is 4.72. The van der Waals surface area contributed by atoms with Crippen molar-refractivity contribution in [2.45, 2.75) is 59.7 Å². The Morgan fingerprint density at radius 3 is 1.87 bits per heavy atom. The summed E-state index contributed by atoms with van der Waals surface area (Å²) in [6.07, 6.45) is -0.200. The van der Waals surface area contributed by atoms with Crippen LogP contribution in [0.15, 0.2) is 12.3 Å². The van der Waals surface area contributed by atoms with E-state index in [1.54, 1.807) is 48.5 Å². The smallest absolute Gasteiger partial charge is 0.424 e. The average molecular weight is 343 g/mol. The highest BCUT2D eigenvalue weighted by Gasteiger charge is 2.33. The second-order valence-electron chi connectivity index (χ2n) is 7.09. The SMILES string of the molecule is Cc1cnc(Cl)cc1N(C(=O)OC(C)(C)C)C(=O)OC(C)(C)C. The first-order valence-corrected chi connectivity index (χ1v) is 7.56. The van der Waals surface area contributed by atoms with Crippen LogP contribution in [-0.2, 0) is 9.47 Å². The van der Waals surface area contributed by atoms with Crippen molar-refractivity contribution >= 4 is 29.5 Å². The lowest BCUT2D eigenvalue weighted by atomic mass is 10.2. The number of imide groups is 1. The summed E-state index contributed by atoms with van der Waals surface area (Å²) >= 11 is 5.89. The fraction of sp³-hybridized carbons (Fsp3) is 0.562. The molecule has 7 heteroatoms. The number of anilines is 1. The van der Waals surface area contributed by atoms with E-state index in [0.717, 1.165) is 4.90 Å². The third-order valence-electron chi connectivity index (χ3n) is 2.43. The van der Waals surface area contributed by atoms with E-state index in [4.69, 9.17) is 21.1 Å². The first-order chi connectivity index (χ1) is 10.3. The minimum atomic E-state index is -0.836. The van der Waals surface area contributed by atoms with Gasteiger partial charge in [-0.3, -0.25) is 0 Å². The first-order valence-electron chi connectivity index (χ1n) is 7.18. The molecule has 0 spiro atoms. The molecule has 0 aliphatic heterocycles. The van der Waals surface area contributed by atoms with E-state index in [-0.39, 0.29) is 10.8 Å². The van der Waals surface area contributed by atoms with Gasteiger partial charge in [-0.15, -0.1) is 0 Å². The fourth-order valence-corrected chi connectivity index (χ4v) is 1.77. The van der Waals surface area contributed by atoms with Crippen LogP contribution in [0.25, 0.3) is 0 Å². The summed E-state index contributed by atoms with van der Waals surface area (Å²) in [4.78, 5) is 29.7. The number of nitrogens with zero attached hydrogens (tertiary/aromatic N) is 2. The molecule has 1 aromatic rings. The van der Waals surface area contributed by atoms with E-state index in [1.165, 1.54) is 12.3 Å². The molecular formula is C16H23ClN2O4. The molecule has 0 saturated carbocycles. The van der Waals surface area contributed by atoms with Gasteiger partial charge in [0.05, 0.1) is 5.69 Å².